The summed E-state index contributed by atoms with van der Waals surface area (Å²) >= 11 is 0. The van der Waals surface area contributed by atoms with Crippen molar-refractivity contribution in [2.75, 3.05) is 5.32 Å². The zero-order chi connectivity index (χ0) is 14.4. The number of hydrogen-bond donors (Lipinski definition) is 2. The van der Waals surface area contributed by atoms with E-state index < -0.39 is 35.6 Å². The second kappa shape index (κ2) is 4.05. The van der Waals surface area contributed by atoms with Crippen LogP contribution >= 0.6 is 0 Å². The summed E-state index contributed by atoms with van der Waals surface area (Å²) in [5.41, 5.74) is -1.26. The van der Waals surface area contributed by atoms with E-state index in [2.05, 4.69) is 4.74 Å². The molecule has 0 aromatic heterocycles. The fraction of sp³-hybridized carbons (Fsp3) is 0.300. The molecular formula is C10H6F5NO3. The van der Waals surface area contributed by atoms with Gasteiger partial charge in [0.2, 0.25) is 0 Å². The van der Waals surface area contributed by atoms with Crippen LogP contribution in [0.4, 0.5) is 27.6 Å². The largest absolute Gasteiger partial charge is 0.482 e. The number of aliphatic hydroxyl groups excluding tert-OH is 1. The van der Waals surface area contributed by atoms with E-state index in [1.807, 2.05) is 0 Å². The van der Waals surface area contributed by atoms with Gasteiger partial charge in [0.05, 0.1) is 5.69 Å². The molecule has 19 heavy (non-hydrogen) atoms. The van der Waals surface area contributed by atoms with Gasteiger partial charge in [-0.15, -0.1) is 0 Å². The average molecular weight is 283 g/mol. The third-order valence-corrected chi connectivity index (χ3v) is 2.39. The summed E-state index contributed by atoms with van der Waals surface area (Å²) in [6.45, 7) is 0. The number of carbonyl (C=O) groups excluding carboxylic acids is 1. The Kier molecular flexibility index (Phi) is 2.89. The number of para-hydroxylation sites is 1. The lowest BCUT2D eigenvalue weighted by molar-refractivity contribution is -0.210. The van der Waals surface area contributed by atoms with Crippen molar-refractivity contribution in [2.24, 2.45) is 0 Å². The maximum Gasteiger partial charge on any atom is 0.482 e. The summed E-state index contributed by atoms with van der Waals surface area (Å²) in [6.07, 6.45) is -12.3. The van der Waals surface area contributed by atoms with E-state index in [-0.39, 0.29) is 5.69 Å². The molecule has 1 aliphatic heterocycles. The maximum absolute atomic E-state index is 13.0. The molecule has 0 saturated heterocycles. The first kappa shape index (κ1) is 13.5. The molecule has 9 heteroatoms. The first-order chi connectivity index (χ1) is 8.63. The quantitative estimate of drug-likeness (QED) is 0.777. The van der Waals surface area contributed by atoms with Crippen LogP contribution in [-0.2, 0) is 4.79 Å². The Morgan fingerprint density at radius 3 is 2.53 bits per heavy atom. The van der Waals surface area contributed by atoms with Gasteiger partial charge in [0.15, 0.2) is 11.9 Å². The first-order valence-electron chi connectivity index (χ1n) is 4.89. The van der Waals surface area contributed by atoms with E-state index in [1.165, 1.54) is 0 Å². The molecular weight excluding hydrogens is 277 g/mol. The minimum Gasteiger partial charge on any atom is -0.423 e. The van der Waals surface area contributed by atoms with Crippen LogP contribution in [0.2, 0.25) is 0 Å². The zero-order valence-electron chi connectivity index (χ0n) is 8.96. The molecule has 1 amide bonds. The number of aliphatic hydroxyl groups is 1. The summed E-state index contributed by atoms with van der Waals surface area (Å²) < 4.78 is 67.2. The Morgan fingerprint density at radius 1 is 1.32 bits per heavy atom. The van der Waals surface area contributed by atoms with Gasteiger partial charge in [0.1, 0.15) is 0 Å². The van der Waals surface area contributed by atoms with Crippen molar-refractivity contribution in [1.29, 1.82) is 0 Å². The lowest BCUT2D eigenvalue weighted by Gasteiger charge is -2.28. The molecule has 0 unspecified atom stereocenters. The topological polar surface area (TPSA) is 58.6 Å². The Balaban J connectivity index is 2.51. The third-order valence-electron chi connectivity index (χ3n) is 2.39. The number of ether oxygens (including phenoxy) is 1. The third kappa shape index (κ3) is 2.33. The van der Waals surface area contributed by atoms with Gasteiger partial charge in [-0.1, -0.05) is 12.1 Å². The smallest absolute Gasteiger partial charge is 0.423 e. The highest BCUT2D eigenvalue weighted by Crippen LogP contribution is 2.44. The Morgan fingerprint density at radius 2 is 1.95 bits per heavy atom. The Bertz CT molecular complexity index is 528. The normalized spacial score (nSPS) is 19.2. The van der Waals surface area contributed by atoms with Gasteiger partial charge in [-0.25, -0.2) is 0 Å². The average Bonchev–Trinajstić information content (AvgIpc) is 2.27. The second-order valence-electron chi connectivity index (χ2n) is 3.74. The van der Waals surface area contributed by atoms with Crippen LogP contribution < -0.4 is 10.1 Å². The van der Waals surface area contributed by atoms with Crippen LogP contribution in [-0.4, -0.2) is 23.3 Å². The number of anilines is 1. The molecule has 0 aliphatic carbocycles. The fourth-order valence-electron chi connectivity index (χ4n) is 1.53. The van der Waals surface area contributed by atoms with Crippen LogP contribution in [0.15, 0.2) is 18.2 Å². The number of benzene rings is 1. The van der Waals surface area contributed by atoms with Gasteiger partial charge in [-0.3, -0.25) is 4.79 Å². The standard InChI is InChI=1S/C10H6F5NO3/c11-9(12,13)7(17)4-2-1-3-5-6(4)19-10(14,15)8(18)16-5/h1-3,7,17H,(H,16,18)/t7-/m0/s1. The lowest BCUT2D eigenvalue weighted by atomic mass is 10.1. The molecule has 0 fully saturated rings. The predicted octanol–water partition coefficient (Wildman–Crippen LogP) is 2.21. The number of alkyl halides is 5. The van der Waals surface area contributed by atoms with Gasteiger partial charge in [0, 0.05) is 5.56 Å². The van der Waals surface area contributed by atoms with Crippen LogP contribution in [0.25, 0.3) is 0 Å². The predicted molar refractivity (Wildman–Crippen MR) is 51.7 cm³/mol. The first-order valence-corrected chi connectivity index (χ1v) is 4.89. The van der Waals surface area contributed by atoms with E-state index in [9.17, 15) is 26.7 Å². The monoisotopic (exact) mass is 283 g/mol. The van der Waals surface area contributed by atoms with Gasteiger partial charge < -0.3 is 15.2 Å². The summed E-state index contributed by atoms with van der Waals surface area (Å²) in [7, 11) is 0. The molecule has 0 radical (unpaired) electrons. The molecule has 0 bridgehead atoms. The van der Waals surface area contributed by atoms with E-state index >= 15 is 0 Å². The number of rotatable bonds is 1. The molecule has 1 aliphatic rings. The zero-order valence-corrected chi connectivity index (χ0v) is 8.96. The minimum atomic E-state index is -5.05. The minimum absolute atomic E-state index is 0.364. The molecule has 1 atom stereocenters. The molecule has 1 aromatic carbocycles. The number of halogens is 5. The highest BCUT2D eigenvalue weighted by Gasteiger charge is 2.49. The van der Waals surface area contributed by atoms with Crippen molar-refractivity contribution < 1.29 is 36.6 Å². The molecule has 4 nitrogen and oxygen atoms in total. The van der Waals surface area contributed by atoms with E-state index in [4.69, 9.17) is 5.11 Å². The van der Waals surface area contributed by atoms with E-state index in [0.717, 1.165) is 18.2 Å². The van der Waals surface area contributed by atoms with Gasteiger partial charge >= 0.3 is 18.2 Å². The highest BCUT2D eigenvalue weighted by atomic mass is 19.4. The van der Waals surface area contributed by atoms with Crippen molar-refractivity contribution in [3.63, 3.8) is 0 Å². The molecule has 0 spiro atoms. The highest BCUT2D eigenvalue weighted by molar-refractivity contribution is 5.98. The molecule has 104 valence electrons. The van der Waals surface area contributed by atoms with E-state index in [1.54, 1.807) is 5.32 Å². The Hall–Kier alpha value is -1.90. The van der Waals surface area contributed by atoms with Crippen molar-refractivity contribution in [3.05, 3.63) is 23.8 Å². The second-order valence-corrected chi connectivity index (χ2v) is 3.74. The number of nitrogens with one attached hydrogen (secondary N) is 1. The molecule has 0 saturated carbocycles. The Labute approximate surface area is 102 Å². The summed E-state index contributed by atoms with van der Waals surface area (Å²) in [5.74, 6) is -2.70. The molecule has 1 heterocycles. The summed E-state index contributed by atoms with van der Waals surface area (Å²) in [4.78, 5) is 10.9. The molecule has 1 aromatic rings. The number of fused-ring (bicyclic) bond motifs is 1. The van der Waals surface area contributed by atoms with Crippen molar-refractivity contribution in [2.45, 2.75) is 18.4 Å². The SMILES string of the molecule is O=C1Nc2cccc([C@H](O)C(F)(F)F)c2OC1(F)F. The van der Waals surface area contributed by atoms with Crippen LogP contribution in [0.5, 0.6) is 5.75 Å². The van der Waals surface area contributed by atoms with E-state index in [0.29, 0.717) is 0 Å². The number of hydrogen-bond acceptors (Lipinski definition) is 3. The van der Waals surface area contributed by atoms with Crippen LogP contribution in [0.1, 0.15) is 11.7 Å². The lowest BCUT2D eigenvalue weighted by Crippen LogP contribution is -2.44. The van der Waals surface area contributed by atoms with Crippen molar-refractivity contribution >= 4 is 11.6 Å². The molecule has 2 rings (SSSR count). The maximum atomic E-state index is 13.0. The van der Waals surface area contributed by atoms with Crippen LogP contribution in [0, 0.1) is 0 Å². The van der Waals surface area contributed by atoms with Crippen molar-refractivity contribution in [3.8, 4) is 5.75 Å². The fourth-order valence-corrected chi connectivity index (χ4v) is 1.53. The number of carbonyl (C=O) groups is 1. The van der Waals surface area contributed by atoms with Crippen LogP contribution in [0.3, 0.4) is 0 Å². The van der Waals surface area contributed by atoms with Gasteiger partial charge in [-0.05, 0) is 6.07 Å². The number of amides is 1. The van der Waals surface area contributed by atoms with Crippen molar-refractivity contribution in [1.82, 2.24) is 0 Å². The summed E-state index contributed by atoms with van der Waals surface area (Å²) in [6, 6.07) is 2.93. The van der Waals surface area contributed by atoms with Gasteiger partial charge in [-0.2, -0.15) is 22.0 Å². The van der Waals surface area contributed by atoms with Gasteiger partial charge in [0.25, 0.3) is 0 Å². The summed E-state index contributed by atoms with van der Waals surface area (Å²) in [5, 5.41) is 10.8. The molecule has 2 N–H and O–H groups in total.